The first-order valence-electron chi connectivity index (χ1n) is 13.4. The molecule has 3 fully saturated rings. The van der Waals surface area contributed by atoms with E-state index in [1.165, 1.54) is 0 Å². The van der Waals surface area contributed by atoms with E-state index < -0.39 is 28.7 Å². The number of ether oxygens (including phenoxy) is 1. The molecule has 0 aliphatic carbocycles. The standard InChI is InChI=1S/C27H44N2O5S/c1-7-10-11-13-28(12-8-2)25(32)23-27-18(6)15-20(35-27)21(26(33)34-9-3)22(27)24(31)29(23)19(16-30)14-17(4)5/h8,17-23,30H,2,7,9-16H2,1,3-6H3/t18?,19-,20+,21-,22+,23?,27?/m1/s1. The second-order valence-corrected chi connectivity index (χ2v) is 12.3. The van der Waals surface area contributed by atoms with Gasteiger partial charge in [0, 0.05) is 18.3 Å². The predicted octanol–water partition coefficient (Wildman–Crippen LogP) is 3.50. The van der Waals surface area contributed by atoms with Gasteiger partial charge < -0.3 is 19.6 Å². The smallest absolute Gasteiger partial charge is 0.310 e. The number of thioether (sulfide) groups is 1. The molecule has 0 aromatic rings. The average Bonchev–Trinajstić information content (AvgIpc) is 3.40. The van der Waals surface area contributed by atoms with Crippen LogP contribution in [0.15, 0.2) is 12.7 Å². The molecule has 0 aromatic heterocycles. The van der Waals surface area contributed by atoms with Crippen LogP contribution in [-0.4, -0.2) is 81.1 Å². The van der Waals surface area contributed by atoms with Crippen molar-refractivity contribution in [2.24, 2.45) is 23.7 Å². The second-order valence-electron chi connectivity index (χ2n) is 10.8. The van der Waals surface area contributed by atoms with E-state index in [0.717, 1.165) is 25.7 Å². The number of fused-ring (bicyclic) bond motifs is 1. The Bertz CT molecular complexity index is 804. The molecule has 7 atom stereocenters. The third-order valence-electron chi connectivity index (χ3n) is 8.02. The molecule has 198 valence electrons. The van der Waals surface area contributed by atoms with Crippen LogP contribution in [0.5, 0.6) is 0 Å². The zero-order valence-corrected chi connectivity index (χ0v) is 22.9. The lowest BCUT2D eigenvalue weighted by Crippen LogP contribution is -2.59. The number of unbranched alkanes of at least 4 members (excludes halogenated alkanes) is 2. The third kappa shape index (κ3) is 4.89. The highest BCUT2D eigenvalue weighted by Gasteiger charge is 2.77. The summed E-state index contributed by atoms with van der Waals surface area (Å²) in [4.78, 5) is 45.1. The number of amides is 2. The van der Waals surface area contributed by atoms with Gasteiger partial charge in [-0.1, -0.05) is 46.6 Å². The molecule has 0 saturated carbocycles. The number of hydrogen-bond acceptors (Lipinski definition) is 6. The number of aliphatic hydroxyl groups is 1. The summed E-state index contributed by atoms with van der Waals surface area (Å²) in [5.74, 6) is -1.40. The zero-order chi connectivity index (χ0) is 25.9. The van der Waals surface area contributed by atoms with Crippen LogP contribution < -0.4 is 0 Å². The lowest BCUT2D eigenvalue weighted by molar-refractivity contribution is -0.154. The molecule has 3 unspecified atom stereocenters. The molecule has 2 bridgehead atoms. The number of aliphatic hydroxyl groups excluding tert-OH is 1. The molecule has 3 aliphatic rings. The number of nitrogens with zero attached hydrogens (tertiary/aromatic N) is 2. The van der Waals surface area contributed by atoms with Gasteiger partial charge in [0.15, 0.2) is 0 Å². The van der Waals surface area contributed by atoms with E-state index in [1.54, 1.807) is 29.7 Å². The Balaban J connectivity index is 2.09. The molecular formula is C27H44N2O5S. The maximum atomic E-state index is 14.3. The first-order chi connectivity index (χ1) is 16.7. The first kappa shape index (κ1) is 28.0. The number of carbonyl (C=O) groups is 3. The summed E-state index contributed by atoms with van der Waals surface area (Å²) in [6, 6.07) is -1.17. The molecule has 3 aliphatic heterocycles. The van der Waals surface area contributed by atoms with Crippen LogP contribution in [0.3, 0.4) is 0 Å². The fourth-order valence-corrected chi connectivity index (χ4v) is 9.02. The van der Waals surface area contributed by atoms with Crippen molar-refractivity contribution >= 4 is 29.5 Å². The van der Waals surface area contributed by atoms with Crippen molar-refractivity contribution in [1.29, 1.82) is 0 Å². The molecular weight excluding hydrogens is 464 g/mol. The summed E-state index contributed by atoms with van der Waals surface area (Å²) >= 11 is 1.66. The molecule has 2 amide bonds. The highest BCUT2D eigenvalue weighted by Crippen LogP contribution is 2.69. The predicted molar refractivity (Wildman–Crippen MR) is 139 cm³/mol. The summed E-state index contributed by atoms with van der Waals surface area (Å²) in [5.41, 5.74) is 0. The minimum atomic E-state index is -0.707. The molecule has 3 rings (SSSR count). The van der Waals surface area contributed by atoms with Gasteiger partial charge >= 0.3 is 5.97 Å². The number of carbonyl (C=O) groups excluding carboxylic acids is 3. The fourth-order valence-electron chi connectivity index (χ4n) is 6.63. The van der Waals surface area contributed by atoms with Crippen molar-refractivity contribution in [3.05, 3.63) is 12.7 Å². The molecule has 0 aromatic carbocycles. The van der Waals surface area contributed by atoms with E-state index in [0.29, 0.717) is 19.5 Å². The number of rotatable bonds is 13. The Morgan fingerprint density at radius 2 is 2.06 bits per heavy atom. The van der Waals surface area contributed by atoms with E-state index >= 15 is 0 Å². The van der Waals surface area contributed by atoms with Gasteiger partial charge in [0.25, 0.3) is 0 Å². The lowest BCUT2D eigenvalue weighted by Gasteiger charge is -2.42. The minimum Gasteiger partial charge on any atom is -0.466 e. The monoisotopic (exact) mass is 508 g/mol. The SMILES string of the molecule is C=CCN(CCCCC)C(=O)C1N([C@@H](CO)CC(C)C)C(=O)[C@@H]2[C@H](C(=O)OCC)[C@@H]3CC(C)C12S3. The van der Waals surface area contributed by atoms with Crippen molar-refractivity contribution < 1.29 is 24.2 Å². The summed E-state index contributed by atoms with van der Waals surface area (Å²) in [7, 11) is 0. The minimum absolute atomic E-state index is 0.0268. The van der Waals surface area contributed by atoms with Gasteiger partial charge in [0.1, 0.15) is 6.04 Å². The van der Waals surface area contributed by atoms with Gasteiger partial charge in [0.05, 0.1) is 35.8 Å². The molecule has 7 nitrogen and oxygen atoms in total. The summed E-state index contributed by atoms with van der Waals surface area (Å²) < 4.78 is 4.73. The maximum Gasteiger partial charge on any atom is 0.310 e. The topological polar surface area (TPSA) is 87.2 Å². The molecule has 3 heterocycles. The van der Waals surface area contributed by atoms with E-state index in [4.69, 9.17) is 4.74 Å². The van der Waals surface area contributed by atoms with Crippen molar-refractivity contribution in [3.63, 3.8) is 0 Å². The third-order valence-corrected chi connectivity index (χ3v) is 10.1. The highest BCUT2D eigenvalue weighted by molar-refractivity contribution is 8.02. The van der Waals surface area contributed by atoms with Gasteiger partial charge in [-0.2, -0.15) is 0 Å². The molecule has 3 saturated heterocycles. The summed E-state index contributed by atoms with van der Waals surface area (Å²) in [6.45, 7) is 15.1. The van der Waals surface area contributed by atoms with E-state index in [2.05, 4.69) is 34.3 Å². The Morgan fingerprint density at radius 1 is 1.34 bits per heavy atom. The molecule has 1 spiro atoms. The van der Waals surface area contributed by atoms with Crippen LogP contribution in [0.1, 0.15) is 66.7 Å². The van der Waals surface area contributed by atoms with Crippen LogP contribution >= 0.6 is 11.8 Å². The number of likely N-dealkylation sites (tertiary alicyclic amines) is 1. The molecule has 8 heteroatoms. The first-order valence-corrected chi connectivity index (χ1v) is 14.2. The van der Waals surface area contributed by atoms with E-state index in [1.807, 2.05) is 4.90 Å². The number of esters is 1. The average molecular weight is 509 g/mol. The summed E-state index contributed by atoms with van der Waals surface area (Å²) in [5, 5.41) is 10.4. The fraction of sp³-hybridized carbons (Fsp3) is 0.815. The molecule has 0 radical (unpaired) electrons. The van der Waals surface area contributed by atoms with Crippen LogP contribution in [0.2, 0.25) is 0 Å². The largest absolute Gasteiger partial charge is 0.466 e. The van der Waals surface area contributed by atoms with Gasteiger partial charge in [-0.05, 0) is 38.0 Å². The van der Waals surface area contributed by atoms with Crippen LogP contribution in [0, 0.1) is 23.7 Å². The van der Waals surface area contributed by atoms with Crippen LogP contribution in [0.25, 0.3) is 0 Å². The van der Waals surface area contributed by atoms with Crippen LogP contribution in [0.4, 0.5) is 0 Å². The maximum absolute atomic E-state index is 14.3. The van der Waals surface area contributed by atoms with Gasteiger partial charge in [-0.15, -0.1) is 18.3 Å². The van der Waals surface area contributed by atoms with Crippen molar-refractivity contribution in [1.82, 2.24) is 9.80 Å². The Kier molecular flexibility index (Phi) is 9.35. The Labute approximate surface area is 215 Å². The zero-order valence-electron chi connectivity index (χ0n) is 22.1. The number of hydrogen-bond donors (Lipinski definition) is 1. The highest BCUT2D eigenvalue weighted by atomic mass is 32.2. The lowest BCUT2D eigenvalue weighted by atomic mass is 9.66. The van der Waals surface area contributed by atoms with Crippen molar-refractivity contribution in [2.75, 3.05) is 26.3 Å². The van der Waals surface area contributed by atoms with Gasteiger partial charge in [-0.3, -0.25) is 14.4 Å². The normalized spacial score (nSPS) is 32.1. The van der Waals surface area contributed by atoms with Crippen molar-refractivity contribution in [2.45, 2.75) is 88.8 Å². The second kappa shape index (κ2) is 11.7. The molecule has 35 heavy (non-hydrogen) atoms. The van der Waals surface area contributed by atoms with E-state index in [-0.39, 0.29) is 48.1 Å². The van der Waals surface area contributed by atoms with E-state index in [9.17, 15) is 19.5 Å². The Hall–Kier alpha value is -1.54. The molecule has 1 N–H and O–H groups in total. The van der Waals surface area contributed by atoms with Gasteiger partial charge in [0.2, 0.25) is 11.8 Å². The Morgan fingerprint density at radius 3 is 2.63 bits per heavy atom. The van der Waals surface area contributed by atoms with Gasteiger partial charge in [-0.25, -0.2) is 0 Å². The summed E-state index contributed by atoms with van der Waals surface area (Å²) in [6.07, 6.45) is 6.07. The van der Waals surface area contributed by atoms with Crippen LogP contribution in [-0.2, 0) is 19.1 Å². The van der Waals surface area contributed by atoms with Crippen molar-refractivity contribution in [3.8, 4) is 0 Å². The quantitative estimate of drug-likeness (QED) is 0.233.